The normalized spacial score (nSPS) is 10.4. The van der Waals surface area contributed by atoms with Crippen LogP contribution in [0.4, 0.5) is 0 Å². The monoisotopic (exact) mass is 334 g/mol. The van der Waals surface area contributed by atoms with E-state index in [1.165, 1.54) is 0 Å². The lowest BCUT2D eigenvalue weighted by atomic mass is 9.72. The molecule has 1 aromatic rings. The van der Waals surface area contributed by atoms with Gasteiger partial charge in [0, 0.05) is 3.57 Å². The Balaban J connectivity index is 3.73. The van der Waals surface area contributed by atoms with Crippen molar-refractivity contribution in [2.45, 2.75) is 20.8 Å². The number of carbonyl (C=O) groups is 1. The number of aromatic carboxylic acids is 1. The first-order chi connectivity index (χ1) is 7.29. The predicted molar refractivity (Wildman–Crippen MR) is 70.2 cm³/mol. The lowest BCUT2D eigenvalue weighted by Crippen LogP contribution is -2.37. The highest BCUT2D eigenvalue weighted by atomic mass is 127. The molecule has 0 aromatic heterocycles. The summed E-state index contributed by atoms with van der Waals surface area (Å²) in [7, 11) is -1.65. The van der Waals surface area contributed by atoms with Crippen LogP contribution in [0, 0.1) is 24.3 Å². The van der Waals surface area contributed by atoms with Crippen molar-refractivity contribution in [3.8, 4) is 0 Å². The Labute approximate surface area is 108 Å². The van der Waals surface area contributed by atoms with Crippen LogP contribution in [-0.2, 0) is 0 Å². The summed E-state index contributed by atoms with van der Waals surface area (Å²) in [4.78, 5) is 11.1. The molecule has 1 rings (SSSR count). The van der Waals surface area contributed by atoms with Gasteiger partial charge >= 0.3 is 13.1 Å². The SMILES string of the molecule is Cc1c(I)c(C)c(C(=O)O)c(C)c1B(O)O. The Morgan fingerprint density at radius 1 is 1.12 bits per heavy atom. The summed E-state index contributed by atoms with van der Waals surface area (Å²) in [6.07, 6.45) is 0. The standard InChI is InChI=1S/C10H12BIO4/c1-4-7(10(13)14)5(2)9(12)6(3)8(4)11(15)16/h15-16H,1-3H3,(H,13,14). The van der Waals surface area contributed by atoms with Crippen molar-refractivity contribution in [1.82, 2.24) is 0 Å². The second-order valence-corrected chi connectivity index (χ2v) is 4.74. The van der Waals surface area contributed by atoms with Crippen molar-refractivity contribution >= 4 is 41.1 Å². The van der Waals surface area contributed by atoms with Crippen molar-refractivity contribution in [2.75, 3.05) is 0 Å². The van der Waals surface area contributed by atoms with Crippen LogP contribution in [0.1, 0.15) is 27.0 Å². The average Bonchev–Trinajstić information content (AvgIpc) is 2.13. The van der Waals surface area contributed by atoms with Gasteiger partial charge in [0.15, 0.2) is 0 Å². The zero-order chi connectivity index (χ0) is 12.6. The third-order valence-electron chi connectivity index (χ3n) is 2.69. The minimum atomic E-state index is -1.65. The number of carboxylic acid groups (broad SMARTS) is 1. The summed E-state index contributed by atoms with van der Waals surface area (Å²) in [5.74, 6) is -1.05. The molecular weight excluding hydrogens is 322 g/mol. The van der Waals surface area contributed by atoms with E-state index >= 15 is 0 Å². The molecule has 6 heteroatoms. The van der Waals surface area contributed by atoms with Crippen molar-refractivity contribution in [3.05, 3.63) is 25.8 Å². The van der Waals surface area contributed by atoms with E-state index in [1.54, 1.807) is 20.8 Å². The van der Waals surface area contributed by atoms with E-state index in [0.717, 1.165) is 9.13 Å². The van der Waals surface area contributed by atoms with Gasteiger partial charge < -0.3 is 15.2 Å². The molecule has 1 aromatic carbocycles. The van der Waals surface area contributed by atoms with Crippen molar-refractivity contribution in [3.63, 3.8) is 0 Å². The number of hydrogen-bond acceptors (Lipinski definition) is 3. The van der Waals surface area contributed by atoms with E-state index in [0.29, 0.717) is 11.1 Å². The van der Waals surface area contributed by atoms with Gasteiger partial charge in [-0.3, -0.25) is 0 Å². The first kappa shape index (κ1) is 13.5. The molecule has 0 spiro atoms. The predicted octanol–water partition coefficient (Wildman–Crippen LogP) is 0.594. The molecule has 0 aliphatic heterocycles. The zero-order valence-electron chi connectivity index (χ0n) is 9.21. The average molecular weight is 334 g/mol. The van der Waals surface area contributed by atoms with Crippen molar-refractivity contribution in [2.24, 2.45) is 0 Å². The highest BCUT2D eigenvalue weighted by molar-refractivity contribution is 14.1. The molecule has 0 aliphatic rings. The summed E-state index contributed by atoms with van der Waals surface area (Å²) in [6.45, 7) is 5.06. The molecule has 0 amide bonds. The van der Waals surface area contributed by atoms with Gasteiger partial charge in [0.25, 0.3) is 0 Å². The summed E-state index contributed by atoms with van der Waals surface area (Å²) in [5.41, 5.74) is 2.23. The minimum absolute atomic E-state index is 0.151. The Morgan fingerprint density at radius 3 is 2.00 bits per heavy atom. The minimum Gasteiger partial charge on any atom is -0.478 e. The van der Waals surface area contributed by atoms with E-state index < -0.39 is 13.1 Å². The van der Waals surface area contributed by atoms with Gasteiger partial charge in [-0.2, -0.15) is 0 Å². The molecule has 0 bridgehead atoms. The third-order valence-corrected chi connectivity index (χ3v) is 4.31. The number of carboxylic acids is 1. The van der Waals surface area contributed by atoms with E-state index in [1.807, 2.05) is 22.6 Å². The number of benzene rings is 1. The van der Waals surface area contributed by atoms with Crippen molar-refractivity contribution < 1.29 is 19.9 Å². The van der Waals surface area contributed by atoms with E-state index in [2.05, 4.69) is 0 Å². The second-order valence-electron chi connectivity index (χ2n) is 3.66. The Bertz CT molecular complexity index is 457. The quantitative estimate of drug-likeness (QED) is 0.547. The molecule has 86 valence electrons. The highest BCUT2D eigenvalue weighted by Crippen LogP contribution is 2.22. The van der Waals surface area contributed by atoms with E-state index in [9.17, 15) is 14.8 Å². The molecule has 0 fully saturated rings. The molecule has 0 saturated heterocycles. The maximum atomic E-state index is 11.1. The maximum Gasteiger partial charge on any atom is 0.489 e. The molecular formula is C10H12BIO4. The molecule has 0 atom stereocenters. The van der Waals surface area contributed by atoms with Crippen LogP contribution in [0.2, 0.25) is 0 Å². The zero-order valence-corrected chi connectivity index (χ0v) is 11.4. The first-order valence-corrected chi connectivity index (χ1v) is 5.75. The number of hydrogen-bond donors (Lipinski definition) is 3. The summed E-state index contributed by atoms with van der Waals surface area (Å²) in [6, 6.07) is 0. The Morgan fingerprint density at radius 2 is 1.62 bits per heavy atom. The van der Waals surface area contributed by atoms with Crippen LogP contribution >= 0.6 is 22.6 Å². The van der Waals surface area contributed by atoms with Gasteiger partial charge in [0.05, 0.1) is 5.56 Å². The van der Waals surface area contributed by atoms with Gasteiger partial charge in [-0.1, -0.05) is 0 Å². The molecule has 16 heavy (non-hydrogen) atoms. The maximum absolute atomic E-state index is 11.1. The molecule has 0 radical (unpaired) electrons. The van der Waals surface area contributed by atoms with Crippen LogP contribution in [-0.4, -0.2) is 28.2 Å². The first-order valence-electron chi connectivity index (χ1n) is 4.67. The smallest absolute Gasteiger partial charge is 0.478 e. The van der Waals surface area contributed by atoms with E-state index in [-0.39, 0.29) is 11.0 Å². The summed E-state index contributed by atoms with van der Waals surface area (Å²) >= 11 is 2.02. The van der Waals surface area contributed by atoms with Gasteiger partial charge in [-0.25, -0.2) is 4.79 Å². The van der Waals surface area contributed by atoms with Crippen LogP contribution in [0.3, 0.4) is 0 Å². The van der Waals surface area contributed by atoms with Crippen molar-refractivity contribution in [1.29, 1.82) is 0 Å². The van der Waals surface area contributed by atoms with Gasteiger partial charge in [-0.05, 0) is 65.5 Å². The van der Waals surface area contributed by atoms with E-state index in [4.69, 9.17) is 5.11 Å². The lowest BCUT2D eigenvalue weighted by Gasteiger charge is -2.16. The molecule has 0 saturated carbocycles. The van der Waals surface area contributed by atoms with Crippen LogP contribution in [0.15, 0.2) is 0 Å². The summed E-state index contributed by atoms with van der Waals surface area (Å²) < 4.78 is 0.753. The Kier molecular flexibility index (Phi) is 3.98. The van der Waals surface area contributed by atoms with Crippen LogP contribution in [0.5, 0.6) is 0 Å². The number of halogens is 1. The fraction of sp³-hybridized carbons (Fsp3) is 0.300. The second kappa shape index (κ2) is 4.73. The van der Waals surface area contributed by atoms with Crippen LogP contribution < -0.4 is 5.46 Å². The fourth-order valence-corrected chi connectivity index (χ4v) is 2.47. The molecule has 0 unspecified atom stereocenters. The fourth-order valence-electron chi connectivity index (χ4n) is 1.91. The number of rotatable bonds is 2. The van der Waals surface area contributed by atoms with Gasteiger partial charge in [0.1, 0.15) is 0 Å². The van der Waals surface area contributed by atoms with Gasteiger partial charge in [-0.15, -0.1) is 0 Å². The largest absolute Gasteiger partial charge is 0.489 e. The molecule has 0 aliphatic carbocycles. The third kappa shape index (κ3) is 2.09. The molecule has 4 nitrogen and oxygen atoms in total. The molecule has 3 N–H and O–H groups in total. The summed E-state index contributed by atoms with van der Waals surface area (Å²) in [5, 5.41) is 27.6. The topological polar surface area (TPSA) is 77.8 Å². The lowest BCUT2D eigenvalue weighted by molar-refractivity contribution is 0.0695. The van der Waals surface area contributed by atoms with Crippen LogP contribution in [0.25, 0.3) is 0 Å². The highest BCUT2D eigenvalue weighted by Gasteiger charge is 2.25. The van der Waals surface area contributed by atoms with Gasteiger partial charge in [0.2, 0.25) is 0 Å². The molecule has 0 heterocycles. The Hall–Kier alpha value is -0.595.